The van der Waals surface area contributed by atoms with Gasteiger partial charge in [0.05, 0.1) is 7.11 Å². The van der Waals surface area contributed by atoms with Crippen molar-refractivity contribution in [2.24, 2.45) is 0 Å². The molecule has 0 radical (unpaired) electrons. The predicted molar refractivity (Wildman–Crippen MR) is 111 cm³/mol. The second-order valence-corrected chi connectivity index (χ2v) is 8.06. The van der Waals surface area contributed by atoms with Crippen LogP contribution in [-0.4, -0.2) is 21.4 Å². The first-order valence-electron chi connectivity index (χ1n) is 8.86. The standard InChI is InChI=1S/C22H21NO5S/c1-15-4-11-20(12-5-15)29(25,26)28-21-13-8-18(14-16(21)2)23-22(24)17-6-9-19(27-3)10-7-17/h4-14H,1-3H3,(H,23,24). The molecule has 6 nitrogen and oxygen atoms in total. The molecule has 29 heavy (non-hydrogen) atoms. The third-order valence-corrected chi connectivity index (χ3v) is 5.54. The molecule has 0 saturated carbocycles. The SMILES string of the molecule is COc1ccc(C(=O)Nc2ccc(OS(=O)(=O)c3ccc(C)cc3)c(C)c2)cc1. The van der Waals surface area contributed by atoms with Gasteiger partial charge < -0.3 is 14.2 Å². The molecular weight excluding hydrogens is 390 g/mol. The quantitative estimate of drug-likeness (QED) is 0.611. The van der Waals surface area contributed by atoms with Crippen molar-refractivity contribution in [1.82, 2.24) is 0 Å². The molecule has 0 atom stereocenters. The van der Waals surface area contributed by atoms with Crippen LogP contribution in [0.5, 0.6) is 11.5 Å². The van der Waals surface area contributed by atoms with Crippen LogP contribution >= 0.6 is 0 Å². The topological polar surface area (TPSA) is 81.7 Å². The first-order chi connectivity index (χ1) is 13.8. The van der Waals surface area contributed by atoms with Crippen molar-refractivity contribution in [3.05, 3.63) is 83.4 Å². The monoisotopic (exact) mass is 411 g/mol. The molecule has 0 aliphatic heterocycles. The molecule has 0 saturated heterocycles. The zero-order chi connectivity index (χ0) is 21.0. The fourth-order valence-electron chi connectivity index (χ4n) is 2.64. The highest BCUT2D eigenvalue weighted by atomic mass is 32.2. The van der Waals surface area contributed by atoms with Gasteiger partial charge in [-0.3, -0.25) is 4.79 Å². The molecule has 0 aliphatic carbocycles. The van der Waals surface area contributed by atoms with Crippen LogP contribution in [0.1, 0.15) is 21.5 Å². The van der Waals surface area contributed by atoms with Crippen molar-refractivity contribution in [2.75, 3.05) is 12.4 Å². The summed E-state index contributed by atoms with van der Waals surface area (Å²) in [7, 11) is -2.38. The minimum absolute atomic E-state index is 0.0828. The summed E-state index contributed by atoms with van der Waals surface area (Å²) in [5, 5.41) is 2.78. The van der Waals surface area contributed by atoms with E-state index in [-0.39, 0.29) is 16.6 Å². The lowest BCUT2D eigenvalue weighted by Gasteiger charge is -2.12. The van der Waals surface area contributed by atoms with Gasteiger partial charge in [-0.15, -0.1) is 0 Å². The van der Waals surface area contributed by atoms with Crippen molar-refractivity contribution < 1.29 is 22.1 Å². The van der Waals surface area contributed by atoms with Crippen LogP contribution in [0.15, 0.2) is 71.6 Å². The highest BCUT2D eigenvalue weighted by Gasteiger charge is 2.18. The number of anilines is 1. The normalized spacial score (nSPS) is 11.0. The van der Waals surface area contributed by atoms with Gasteiger partial charge in [-0.2, -0.15) is 8.42 Å². The van der Waals surface area contributed by atoms with Crippen LogP contribution in [0.2, 0.25) is 0 Å². The maximum Gasteiger partial charge on any atom is 0.339 e. The van der Waals surface area contributed by atoms with Gasteiger partial charge in [0.25, 0.3) is 5.91 Å². The molecule has 0 unspecified atom stereocenters. The van der Waals surface area contributed by atoms with E-state index < -0.39 is 10.1 Å². The van der Waals surface area contributed by atoms with Gasteiger partial charge in [0.2, 0.25) is 0 Å². The number of methoxy groups -OCH3 is 1. The Labute approximate surface area is 170 Å². The number of rotatable bonds is 6. The largest absolute Gasteiger partial charge is 0.497 e. The summed E-state index contributed by atoms with van der Waals surface area (Å²) in [6.07, 6.45) is 0. The zero-order valence-electron chi connectivity index (χ0n) is 16.3. The third-order valence-electron chi connectivity index (χ3n) is 4.29. The Balaban J connectivity index is 1.74. The minimum Gasteiger partial charge on any atom is -0.497 e. The molecule has 0 aliphatic rings. The molecule has 3 aromatic carbocycles. The summed E-state index contributed by atoms with van der Waals surface area (Å²) in [6, 6.07) is 17.9. The lowest BCUT2D eigenvalue weighted by molar-refractivity contribution is 0.102. The number of carbonyl (C=O) groups is 1. The van der Waals surface area contributed by atoms with Crippen LogP contribution < -0.4 is 14.2 Å². The average Bonchev–Trinajstić information content (AvgIpc) is 2.70. The zero-order valence-corrected chi connectivity index (χ0v) is 17.1. The van der Waals surface area contributed by atoms with E-state index in [0.29, 0.717) is 22.6 Å². The van der Waals surface area contributed by atoms with Gasteiger partial charge >= 0.3 is 10.1 Å². The van der Waals surface area contributed by atoms with Crippen LogP contribution in [0.4, 0.5) is 5.69 Å². The predicted octanol–water partition coefficient (Wildman–Crippen LogP) is 4.33. The van der Waals surface area contributed by atoms with Gasteiger partial charge in [0.15, 0.2) is 0 Å². The fourth-order valence-corrected chi connectivity index (χ4v) is 3.63. The fraction of sp³-hybridized carbons (Fsp3) is 0.136. The Morgan fingerprint density at radius 3 is 2.14 bits per heavy atom. The maximum absolute atomic E-state index is 12.5. The van der Waals surface area contributed by atoms with Crippen molar-refractivity contribution >= 4 is 21.7 Å². The van der Waals surface area contributed by atoms with Gasteiger partial charge in [-0.05, 0) is 74.0 Å². The highest BCUT2D eigenvalue weighted by molar-refractivity contribution is 7.87. The summed E-state index contributed by atoms with van der Waals surface area (Å²) < 4.78 is 35.3. The number of nitrogens with one attached hydrogen (secondary N) is 1. The van der Waals surface area contributed by atoms with E-state index in [1.54, 1.807) is 62.6 Å². The Bertz CT molecular complexity index is 1120. The van der Waals surface area contributed by atoms with E-state index in [9.17, 15) is 13.2 Å². The second-order valence-electron chi connectivity index (χ2n) is 6.51. The summed E-state index contributed by atoms with van der Waals surface area (Å²) >= 11 is 0. The van der Waals surface area contributed by atoms with Crippen LogP contribution in [0.3, 0.4) is 0 Å². The van der Waals surface area contributed by atoms with Crippen LogP contribution in [-0.2, 0) is 10.1 Å². The van der Waals surface area contributed by atoms with Crippen molar-refractivity contribution in [1.29, 1.82) is 0 Å². The summed E-state index contributed by atoms with van der Waals surface area (Å²) in [4.78, 5) is 12.5. The highest BCUT2D eigenvalue weighted by Crippen LogP contribution is 2.26. The molecule has 0 fully saturated rings. The van der Waals surface area contributed by atoms with E-state index in [2.05, 4.69) is 5.32 Å². The second kappa shape index (κ2) is 8.36. The van der Waals surface area contributed by atoms with E-state index in [1.807, 2.05) is 6.92 Å². The molecule has 3 rings (SSSR count). The Morgan fingerprint density at radius 1 is 0.897 bits per heavy atom. The van der Waals surface area contributed by atoms with Gasteiger partial charge in [-0.1, -0.05) is 17.7 Å². The molecule has 3 aromatic rings. The van der Waals surface area contributed by atoms with Gasteiger partial charge in [-0.25, -0.2) is 0 Å². The first-order valence-corrected chi connectivity index (χ1v) is 10.3. The molecule has 0 heterocycles. The number of carbonyl (C=O) groups excluding carboxylic acids is 1. The molecule has 1 N–H and O–H groups in total. The van der Waals surface area contributed by atoms with E-state index >= 15 is 0 Å². The lowest BCUT2D eigenvalue weighted by Crippen LogP contribution is -2.13. The van der Waals surface area contributed by atoms with Gasteiger partial charge in [0, 0.05) is 11.3 Å². The van der Waals surface area contributed by atoms with Crippen molar-refractivity contribution in [3.8, 4) is 11.5 Å². The third kappa shape index (κ3) is 4.94. The Hall–Kier alpha value is -3.32. The molecule has 1 amide bonds. The Morgan fingerprint density at radius 2 is 1.55 bits per heavy atom. The molecule has 0 aromatic heterocycles. The number of amides is 1. The molecule has 0 spiro atoms. The van der Waals surface area contributed by atoms with E-state index in [0.717, 1.165) is 5.56 Å². The van der Waals surface area contributed by atoms with Gasteiger partial charge in [0.1, 0.15) is 16.4 Å². The first kappa shape index (κ1) is 20.4. The molecular formula is C22H21NO5S. The maximum atomic E-state index is 12.5. The number of aryl methyl sites for hydroxylation is 2. The Kier molecular flexibility index (Phi) is 5.89. The summed E-state index contributed by atoms with van der Waals surface area (Å²) in [5.41, 5.74) is 2.54. The van der Waals surface area contributed by atoms with E-state index in [1.165, 1.54) is 18.2 Å². The summed E-state index contributed by atoms with van der Waals surface area (Å²) in [5.74, 6) is 0.578. The summed E-state index contributed by atoms with van der Waals surface area (Å²) in [6.45, 7) is 3.59. The smallest absolute Gasteiger partial charge is 0.339 e. The van der Waals surface area contributed by atoms with E-state index in [4.69, 9.17) is 8.92 Å². The molecule has 0 bridgehead atoms. The lowest BCUT2D eigenvalue weighted by atomic mass is 10.1. The van der Waals surface area contributed by atoms with Crippen molar-refractivity contribution in [3.63, 3.8) is 0 Å². The number of hydrogen-bond donors (Lipinski definition) is 1. The van der Waals surface area contributed by atoms with Crippen LogP contribution in [0.25, 0.3) is 0 Å². The van der Waals surface area contributed by atoms with Crippen molar-refractivity contribution in [2.45, 2.75) is 18.7 Å². The number of benzene rings is 3. The minimum atomic E-state index is -3.94. The average molecular weight is 411 g/mol. The molecule has 150 valence electrons. The van der Waals surface area contributed by atoms with Crippen LogP contribution in [0, 0.1) is 13.8 Å². The number of ether oxygens (including phenoxy) is 1. The molecule has 7 heteroatoms. The number of hydrogen-bond acceptors (Lipinski definition) is 5.